The van der Waals surface area contributed by atoms with Gasteiger partial charge in [0.15, 0.2) is 0 Å². The zero-order valence-corrected chi connectivity index (χ0v) is 15.9. The van der Waals surface area contributed by atoms with Crippen LogP contribution in [0.4, 0.5) is 24.8 Å². The van der Waals surface area contributed by atoms with Gasteiger partial charge in [0.2, 0.25) is 5.95 Å². The SMILES string of the molecule is O=C(Nc1ccsc1C(F)(F)F)c1ccc2cnc(N3C[C@@H]4CC[C@@H]3CN4)nn12. The van der Waals surface area contributed by atoms with E-state index in [-0.39, 0.29) is 11.4 Å². The number of anilines is 2. The van der Waals surface area contributed by atoms with Crippen molar-refractivity contribution >= 4 is 34.4 Å². The van der Waals surface area contributed by atoms with Gasteiger partial charge in [0, 0.05) is 25.2 Å². The lowest BCUT2D eigenvalue weighted by Gasteiger charge is -2.45. The summed E-state index contributed by atoms with van der Waals surface area (Å²) in [6, 6.07) is 5.14. The number of nitrogens with one attached hydrogen (secondary N) is 2. The third-order valence-corrected chi connectivity index (χ3v) is 6.35. The minimum Gasteiger partial charge on any atom is -0.334 e. The molecule has 3 aliphatic heterocycles. The van der Waals surface area contributed by atoms with Crippen molar-refractivity contribution in [3.05, 3.63) is 40.3 Å². The fraction of sp³-hybridized carbons (Fsp3) is 0.389. The molecule has 0 radical (unpaired) electrons. The maximum atomic E-state index is 13.1. The molecule has 3 aliphatic rings. The van der Waals surface area contributed by atoms with E-state index in [0.29, 0.717) is 34.9 Å². The van der Waals surface area contributed by atoms with Crippen molar-refractivity contribution in [3.63, 3.8) is 0 Å². The molecule has 3 aromatic heterocycles. The largest absolute Gasteiger partial charge is 0.427 e. The van der Waals surface area contributed by atoms with E-state index in [9.17, 15) is 18.0 Å². The van der Waals surface area contributed by atoms with E-state index in [1.807, 2.05) is 0 Å². The van der Waals surface area contributed by atoms with Gasteiger partial charge in [-0.15, -0.1) is 16.4 Å². The molecular weight excluding hydrogens is 405 g/mol. The molecule has 0 unspecified atom stereocenters. The average molecular weight is 422 g/mol. The molecule has 3 aromatic rings. The molecule has 152 valence electrons. The number of hydrogen-bond donors (Lipinski definition) is 2. The smallest absolute Gasteiger partial charge is 0.334 e. The highest BCUT2D eigenvalue weighted by Crippen LogP contribution is 2.39. The molecule has 2 atom stereocenters. The highest BCUT2D eigenvalue weighted by Gasteiger charge is 2.36. The topological polar surface area (TPSA) is 74.6 Å². The molecule has 6 rings (SSSR count). The molecule has 3 saturated heterocycles. The van der Waals surface area contributed by atoms with Crippen molar-refractivity contribution in [1.82, 2.24) is 19.9 Å². The zero-order chi connectivity index (χ0) is 20.2. The lowest BCUT2D eigenvalue weighted by molar-refractivity contribution is -0.133. The molecule has 6 heterocycles. The van der Waals surface area contributed by atoms with E-state index in [1.165, 1.54) is 22.0 Å². The Morgan fingerprint density at radius 3 is 2.83 bits per heavy atom. The highest BCUT2D eigenvalue weighted by molar-refractivity contribution is 7.10. The van der Waals surface area contributed by atoms with Crippen LogP contribution < -0.4 is 15.5 Å². The Kier molecular flexibility index (Phi) is 4.24. The van der Waals surface area contributed by atoms with Gasteiger partial charge < -0.3 is 15.5 Å². The van der Waals surface area contributed by atoms with Gasteiger partial charge >= 0.3 is 6.18 Å². The summed E-state index contributed by atoms with van der Waals surface area (Å²) in [4.78, 5) is 18.4. The second-order valence-electron chi connectivity index (χ2n) is 7.22. The summed E-state index contributed by atoms with van der Waals surface area (Å²) in [5, 5.41) is 11.6. The number of alkyl halides is 3. The fourth-order valence-corrected chi connectivity index (χ4v) is 4.68. The van der Waals surface area contributed by atoms with Gasteiger partial charge in [-0.2, -0.15) is 13.2 Å². The number of halogens is 3. The number of hydrogen-bond acceptors (Lipinski definition) is 6. The number of amides is 1. The maximum Gasteiger partial charge on any atom is 0.427 e. The van der Waals surface area contributed by atoms with Crippen LogP contribution >= 0.6 is 11.3 Å². The van der Waals surface area contributed by atoms with E-state index >= 15 is 0 Å². The van der Waals surface area contributed by atoms with Gasteiger partial charge in [0.1, 0.15) is 10.6 Å². The first-order chi connectivity index (χ1) is 13.9. The van der Waals surface area contributed by atoms with Crippen LogP contribution in [0.25, 0.3) is 5.52 Å². The molecule has 2 N–H and O–H groups in total. The third-order valence-electron chi connectivity index (χ3n) is 5.40. The molecule has 2 bridgehead atoms. The van der Waals surface area contributed by atoms with Crippen molar-refractivity contribution < 1.29 is 18.0 Å². The second-order valence-corrected chi connectivity index (χ2v) is 8.13. The molecule has 29 heavy (non-hydrogen) atoms. The Hall–Kier alpha value is -2.66. The average Bonchev–Trinajstić information content (AvgIpc) is 3.35. The van der Waals surface area contributed by atoms with Crippen molar-refractivity contribution in [2.45, 2.75) is 31.1 Å². The Morgan fingerprint density at radius 2 is 2.14 bits per heavy atom. The van der Waals surface area contributed by atoms with Crippen LogP contribution in [0.2, 0.25) is 0 Å². The van der Waals surface area contributed by atoms with E-state index in [4.69, 9.17) is 0 Å². The molecule has 7 nitrogen and oxygen atoms in total. The van der Waals surface area contributed by atoms with Crippen molar-refractivity contribution in [2.24, 2.45) is 0 Å². The van der Waals surface area contributed by atoms with Crippen LogP contribution in [0.3, 0.4) is 0 Å². The molecule has 0 aliphatic carbocycles. The number of nitrogens with zero attached hydrogens (tertiary/aromatic N) is 4. The minimum atomic E-state index is -4.52. The first kappa shape index (κ1) is 18.4. The molecule has 1 amide bonds. The number of carbonyl (C=O) groups excluding carboxylic acids is 1. The van der Waals surface area contributed by atoms with Crippen LogP contribution in [0.5, 0.6) is 0 Å². The predicted molar refractivity (Wildman–Crippen MR) is 102 cm³/mol. The van der Waals surface area contributed by atoms with Gasteiger partial charge in [0.05, 0.1) is 17.4 Å². The Morgan fingerprint density at radius 1 is 1.28 bits per heavy atom. The summed E-state index contributed by atoms with van der Waals surface area (Å²) in [6.45, 7) is 1.66. The molecule has 0 saturated carbocycles. The van der Waals surface area contributed by atoms with E-state index in [2.05, 4.69) is 25.6 Å². The zero-order valence-electron chi connectivity index (χ0n) is 15.1. The van der Waals surface area contributed by atoms with E-state index in [1.54, 1.807) is 12.3 Å². The Labute approximate surface area is 167 Å². The second kappa shape index (κ2) is 6.70. The summed E-state index contributed by atoms with van der Waals surface area (Å²) < 4.78 is 40.7. The highest BCUT2D eigenvalue weighted by atomic mass is 32.1. The minimum absolute atomic E-state index is 0.156. The van der Waals surface area contributed by atoms with Gasteiger partial charge in [0.25, 0.3) is 5.91 Å². The van der Waals surface area contributed by atoms with Gasteiger partial charge in [-0.1, -0.05) is 0 Å². The number of thiophene rings is 1. The van der Waals surface area contributed by atoms with Crippen LogP contribution in [-0.4, -0.2) is 45.7 Å². The van der Waals surface area contributed by atoms with Gasteiger partial charge in [-0.25, -0.2) is 9.50 Å². The number of piperazine rings is 1. The molecule has 0 aromatic carbocycles. The summed E-state index contributed by atoms with van der Waals surface area (Å²) in [7, 11) is 0. The maximum absolute atomic E-state index is 13.1. The number of piperidine rings is 2. The fourth-order valence-electron chi connectivity index (χ4n) is 3.96. The Balaban J connectivity index is 1.45. The summed E-state index contributed by atoms with van der Waals surface area (Å²) in [6.07, 6.45) is -0.727. The molecule has 11 heteroatoms. The van der Waals surface area contributed by atoms with Gasteiger partial charge in [-0.3, -0.25) is 4.79 Å². The summed E-state index contributed by atoms with van der Waals surface area (Å²) in [5.74, 6) is -0.133. The molecule has 3 fully saturated rings. The number of carbonyl (C=O) groups is 1. The standard InChI is InChI=1S/C18H17F3N6OS/c19-18(20,21)15-13(5-6-29-15)24-16(28)14-4-3-12-8-23-17(25-27(12)14)26-9-10-1-2-11(26)7-22-10/h3-6,8,10-11,22H,1-2,7,9H2,(H,24,28)/t10-,11+/m0/s1. The normalized spacial score (nSPS) is 21.7. The Bertz CT molecular complexity index is 1070. The monoisotopic (exact) mass is 422 g/mol. The van der Waals surface area contributed by atoms with Crippen LogP contribution in [0, 0.1) is 0 Å². The molecule has 0 spiro atoms. The molecular formula is C18H17F3N6OS. The van der Waals surface area contributed by atoms with E-state index in [0.717, 1.165) is 25.9 Å². The van der Waals surface area contributed by atoms with Crippen LogP contribution in [-0.2, 0) is 6.18 Å². The van der Waals surface area contributed by atoms with Crippen LogP contribution in [0.1, 0.15) is 28.2 Å². The number of aromatic nitrogens is 3. The quantitative estimate of drug-likeness (QED) is 0.679. The first-order valence-corrected chi connectivity index (χ1v) is 10.1. The third kappa shape index (κ3) is 3.23. The first-order valence-electron chi connectivity index (χ1n) is 9.21. The van der Waals surface area contributed by atoms with Crippen LogP contribution in [0.15, 0.2) is 29.8 Å². The van der Waals surface area contributed by atoms with Gasteiger partial charge in [-0.05, 0) is 36.4 Å². The predicted octanol–water partition coefficient (Wildman–Crippen LogP) is 3.00. The lowest BCUT2D eigenvalue weighted by Crippen LogP contribution is -2.61. The van der Waals surface area contributed by atoms with Crippen molar-refractivity contribution in [1.29, 1.82) is 0 Å². The van der Waals surface area contributed by atoms with Crippen molar-refractivity contribution in [2.75, 3.05) is 23.3 Å². The van der Waals surface area contributed by atoms with E-state index < -0.39 is 17.0 Å². The summed E-state index contributed by atoms with van der Waals surface area (Å²) in [5.41, 5.74) is 0.500. The lowest BCUT2D eigenvalue weighted by atomic mass is 9.93. The summed E-state index contributed by atoms with van der Waals surface area (Å²) >= 11 is 0.543. The van der Waals surface area contributed by atoms with Crippen molar-refractivity contribution in [3.8, 4) is 0 Å². The number of rotatable bonds is 3. The number of fused-ring (bicyclic) bond motifs is 4.